The van der Waals surface area contributed by atoms with Crippen LogP contribution in [0.3, 0.4) is 0 Å². The zero-order valence-electron chi connectivity index (χ0n) is 16.0. The van der Waals surface area contributed by atoms with Crippen LogP contribution in [0, 0.1) is 5.82 Å². The second kappa shape index (κ2) is 9.79. The van der Waals surface area contributed by atoms with Gasteiger partial charge >= 0.3 is 0 Å². The molecule has 0 unspecified atom stereocenters. The van der Waals surface area contributed by atoms with Gasteiger partial charge in [0.25, 0.3) is 11.8 Å². The van der Waals surface area contributed by atoms with Crippen molar-refractivity contribution in [2.75, 3.05) is 44.6 Å². The molecule has 1 heterocycles. The molecule has 1 saturated heterocycles. The Kier molecular flexibility index (Phi) is 6.91. The number of nitrogens with one attached hydrogen (secondary N) is 3. The van der Waals surface area contributed by atoms with Gasteiger partial charge in [-0.3, -0.25) is 14.4 Å². The maximum Gasteiger partial charge on any atom is 0.279 e. The van der Waals surface area contributed by atoms with E-state index in [-0.39, 0.29) is 36.6 Å². The number of halogens is 1. The lowest BCUT2D eigenvalue weighted by molar-refractivity contribution is -0.895. The minimum Gasteiger partial charge on any atom is -0.343 e. The SMILES string of the molecule is O=C(C[NH+]1CCN(C(=O)CNC(=O)c2ccccc2)CC1)Nc1ccc(F)cc1. The summed E-state index contributed by atoms with van der Waals surface area (Å²) in [5.74, 6) is -0.916. The van der Waals surface area contributed by atoms with Crippen molar-refractivity contribution in [2.45, 2.75) is 0 Å². The van der Waals surface area contributed by atoms with Crippen LogP contribution in [0.5, 0.6) is 0 Å². The highest BCUT2D eigenvalue weighted by Crippen LogP contribution is 2.07. The van der Waals surface area contributed by atoms with E-state index in [9.17, 15) is 18.8 Å². The summed E-state index contributed by atoms with van der Waals surface area (Å²) in [4.78, 5) is 39.3. The minimum absolute atomic E-state index is 0.0475. The van der Waals surface area contributed by atoms with E-state index in [4.69, 9.17) is 0 Å². The lowest BCUT2D eigenvalue weighted by Crippen LogP contribution is -3.15. The third-order valence-electron chi connectivity index (χ3n) is 4.80. The Morgan fingerprint density at radius 1 is 0.966 bits per heavy atom. The van der Waals surface area contributed by atoms with Gasteiger partial charge in [0, 0.05) is 11.3 Å². The lowest BCUT2D eigenvalue weighted by Gasteiger charge is -2.32. The Hall–Kier alpha value is -3.26. The molecule has 0 atom stereocenters. The van der Waals surface area contributed by atoms with E-state index in [2.05, 4.69) is 10.6 Å². The van der Waals surface area contributed by atoms with E-state index >= 15 is 0 Å². The van der Waals surface area contributed by atoms with E-state index < -0.39 is 0 Å². The minimum atomic E-state index is -0.352. The number of piperazine rings is 1. The van der Waals surface area contributed by atoms with Crippen LogP contribution in [-0.2, 0) is 9.59 Å². The number of anilines is 1. The van der Waals surface area contributed by atoms with Gasteiger partial charge in [-0.15, -0.1) is 0 Å². The van der Waals surface area contributed by atoms with Gasteiger partial charge in [-0.2, -0.15) is 0 Å². The molecule has 3 rings (SSSR count). The Labute approximate surface area is 168 Å². The molecule has 0 bridgehead atoms. The first-order valence-corrected chi connectivity index (χ1v) is 9.51. The molecule has 3 amide bonds. The van der Waals surface area contributed by atoms with Crippen molar-refractivity contribution in [3.05, 3.63) is 66.0 Å². The van der Waals surface area contributed by atoms with Crippen molar-refractivity contribution >= 4 is 23.4 Å². The smallest absolute Gasteiger partial charge is 0.279 e. The lowest BCUT2D eigenvalue weighted by atomic mass is 10.2. The molecule has 0 spiro atoms. The van der Waals surface area contributed by atoms with Crippen LogP contribution >= 0.6 is 0 Å². The summed E-state index contributed by atoms with van der Waals surface area (Å²) in [7, 11) is 0. The molecular formula is C21H24FN4O3+. The number of quaternary nitrogens is 1. The summed E-state index contributed by atoms with van der Waals surface area (Å²) in [6.45, 7) is 2.58. The van der Waals surface area contributed by atoms with Gasteiger partial charge in [0.2, 0.25) is 5.91 Å². The molecule has 1 fully saturated rings. The van der Waals surface area contributed by atoms with Gasteiger partial charge in [-0.05, 0) is 36.4 Å². The van der Waals surface area contributed by atoms with Gasteiger partial charge < -0.3 is 20.4 Å². The largest absolute Gasteiger partial charge is 0.343 e. The van der Waals surface area contributed by atoms with E-state index in [0.29, 0.717) is 37.4 Å². The predicted octanol–water partition coefficient (Wildman–Crippen LogP) is -0.0787. The Morgan fingerprint density at radius 2 is 1.62 bits per heavy atom. The highest BCUT2D eigenvalue weighted by Gasteiger charge is 2.25. The van der Waals surface area contributed by atoms with Gasteiger partial charge in [0.05, 0.1) is 32.7 Å². The molecule has 2 aromatic carbocycles. The molecule has 0 saturated carbocycles. The molecule has 152 valence electrons. The van der Waals surface area contributed by atoms with Crippen molar-refractivity contribution in [1.82, 2.24) is 10.2 Å². The predicted molar refractivity (Wildman–Crippen MR) is 106 cm³/mol. The molecular weight excluding hydrogens is 375 g/mol. The summed E-state index contributed by atoms with van der Waals surface area (Å²) in [5.41, 5.74) is 1.07. The molecule has 7 nitrogen and oxygen atoms in total. The summed E-state index contributed by atoms with van der Waals surface area (Å²) >= 11 is 0. The number of carbonyl (C=O) groups is 3. The number of hydrogen-bond donors (Lipinski definition) is 3. The molecule has 0 aliphatic carbocycles. The molecule has 0 aromatic heterocycles. The summed E-state index contributed by atoms with van der Waals surface area (Å²) in [5, 5.41) is 5.39. The number of benzene rings is 2. The normalized spacial score (nSPS) is 14.3. The van der Waals surface area contributed by atoms with Crippen molar-refractivity contribution in [1.29, 1.82) is 0 Å². The fourth-order valence-electron chi connectivity index (χ4n) is 3.17. The van der Waals surface area contributed by atoms with Gasteiger partial charge in [0.1, 0.15) is 5.82 Å². The summed E-state index contributed by atoms with van der Waals surface area (Å²) in [6.07, 6.45) is 0. The Balaban J connectivity index is 1.38. The summed E-state index contributed by atoms with van der Waals surface area (Å²) < 4.78 is 12.9. The standard InChI is InChI=1S/C21H23FN4O3/c22-17-6-8-18(9-7-17)24-19(27)15-25-10-12-26(13-11-25)20(28)14-23-21(29)16-4-2-1-3-5-16/h1-9H,10-15H2,(H,23,29)(H,24,27)/p+1. The van der Waals surface area contributed by atoms with Crippen LogP contribution in [-0.4, -0.2) is 61.9 Å². The van der Waals surface area contributed by atoms with Gasteiger partial charge in [0.15, 0.2) is 6.54 Å². The zero-order valence-corrected chi connectivity index (χ0v) is 16.0. The average molecular weight is 399 g/mol. The van der Waals surface area contributed by atoms with Crippen molar-refractivity contribution in [2.24, 2.45) is 0 Å². The van der Waals surface area contributed by atoms with E-state index in [1.165, 1.54) is 24.3 Å². The van der Waals surface area contributed by atoms with Crippen molar-refractivity contribution < 1.29 is 23.7 Å². The third kappa shape index (κ3) is 6.11. The number of rotatable bonds is 6. The molecule has 2 aromatic rings. The van der Waals surface area contributed by atoms with Gasteiger partial charge in [-0.25, -0.2) is 4.39 Å². The number of amides is 3. The first kappa shape index (κ1) is 20.5. The van der Waals surface area contributed by atoms with Crippen LogP contribution in [0.25, 0.3) is 0 Å². The second-order valence-corrected chi connectivity index (χ2v) is 6.91. The third-order valence-corrected chi connectivity index (χ3v) is 4.80. The number of nitrogens with zero attached hydrogens (tertiary/aromatic N) is 1. The first-order chi connectivity index (χ1) is 14.0. The van der Waals surface area contributed by atoms with Crippen LogP contribution < -0.4 is 15.5 Å². The quantitative estimate of drug-likeness (QED) is 0.636. The zero-order chi connectivity index (χ0) is 20.6. The van der Waals surface area contributed by atoms with E-state index in [1.807, 2.05) is 6.07 Å². The highest BCUT2D eigenvalue weighted by molar-refractivity contribution is 5.96. The molecule has 1 aliphatic heterocycles. The van der Waals surface area contributed by atoms with E-state index in [1.54, 1.807) is 29.2 Å². The Bertz CT molecular complexity index is 850. The topological polar surface area (TPSA) is 83.0 Å². The first-order valence-electron chi connectivity index (χ1n) is 9.51. The van der Waals surface area contributed by atoms with Crippen molar-refractivity contribution in [3.8, 4) is 0 Å². The average Bonchev–Trinajstić information content (AvgIpc) is 2.74. The van der Waals surface area contributed by atoms with Gasteiger partial charge in [-0.1, -0.05) is 18.2 Å². The van der Waals surface area contributed by atoms with Crippen LogP contribution in [0.2, 0.25) is 0 Å². The monoisotopic (exact) mass is 399 g/mol. The fourth-order valence-corrected chi connectivity index (χ4v) is 3.17. The van der Waals surface area contributed by atoms with Crippen LogP contribution in [0.1, 0.15) is 10.4 Å². The molecule has 8 heteroatoms. The van der Waals surface area contributed by atoms with Crippen LogP contribution in [0.4, 0.5) is 10.1 Å². The summed E-state index contributed by atoms with van der Waals surface area (Å²) in [6, 6.07) is 14.4. The molecule has 29 heavy (non-hydrogen) atoms. The van der Waals surface area contributed by atoms with E-state index in [0.717, 1.165) is 4.90 Å². The maximum absolute atomic E-state index is 12.9. The van der Waals surface area contributed by atoms with Crippen molar-refractivity contribution in [3.63, 3.8) is 0 Å². The number of hydrogen-bond acceptors (Lipinski definition) is 3. The number of carbonyl (C=O) groups excluding carboxylic acids is 3. The second-order valence-electron chi connectivity index (χ2n) is 6.91. The molecule has 1 aliphatic rings. The molecule has 3 N–H and O–H groups in total. The highest BCUT2D eigenvalue weighted by atomic mass is 19.1. The molecule has 0 radical (unpaired) electrons. The maximum atomic E-state index is 12.9. The Morgan fingerprint density at radius 3 is 2.28 bits per heavy atom. The van der Waals surface area contributed by atoms with Crippen LogP contribution in [0.15, 0.2) is 54.6 Å². The fraction of sp³-hybridized carbons (Fsp3) is 0.286.